The van der Waals surface area contributed by atoms with Crippen molar-refractivity contribution in [1.29, 1.82) is 0 Å². The number of hydrogen-bond acceptors (Lipinski definition) is 4. The Kier molecular flexibility index (Phi) is 7.22. The van der Waals surface area contributed by atoms with Crippen molar-refractivity contribution in [2.45, 2.75) is 39.0 Å². The molecule has 0 rings (SSSR count). The SMILES string of the molecule is CCC(N=C=NC(CC)N(C)C)N(C)C. The van der Waals surface area contributed by atoms with E-state index in [1.807, 2.05) is 28.2 Å². The molecule has 15 heavy (non-hydrogen) atoms. The van der Waals surface area contributed by atoms with Gasteiger partial charge >= 0.3 is 0 Å². The average molecular weight is 212 g/mol. The van der Waals surface area contributed by atoms with E-state index in [9.17, 15) is 0 Å². The fourth-order valence-electron chi connectivity index (χ4n) is 1.31. The van der Waals surface area contributed by atoms with E-state index in [-0.39, 0.29) is 12.3 Å². The normalized spacial score (nSPS) is 14.9. The third kappa shape index (κ3) is 5.67. The summed E-state index contributed by atoms with van der Waals surface area (Å²) >= 11 is 0. The van der Waals surface area contributed by atoms with E-state index in [2.05, 4.69) is 39.6 Å². The molecule has 2 unspecified atom stereocenters. The Hall–Kier alpha value is -0.700. The minimum absolute atomic E-state index is 0.188. The molecule has 2 atom stereocenters. The average Bonchev–Trinajstić information content (AvgIpc) is 2.17. The highest BCUT2D eigenvalue weighted by Crippen LogP contribution is 2.01. The molecule has 0 radical (unpaired) electrons. The molecule has 0 spiro atoms. The molecule has 0 aromatic rings. The highest BCUT2D eigenvalue weighted by molar-refractivity contribution is 5.41. The van der Waals surface area contributed by atoms with Gasteiger partial charge in [0.05, 0.1) is 6.01 Å². The summed E-state index contributed by atoms with van der Waals surface area (Å²) in [5.41, 5.74) is 0. The van der Waals surface area contributed by atoms with Gasteiger partial charge in [-0.1, -0.05) is 13.8 Å². The molecule has 0 aliphatic rings. The van der Waals surface area contributed by atoms with Gasteiger partial charge in [-0.15, -0.1) is 0 Å². The van der Waals surface area contributed by atoms with Crippen LogP contribution in [0.4, 0.5) is 0 Å². The van der Waals surface area contributed by atoms with Gasteiger partial charge in [0.1, 0.15) is 12.3 Å². The second-order valence-corrected chi connectivity index (χ2v) is 4.06. The van der Waals surface area contributed by atoms with Crippen LogP contribution in [0.25, 0.3) is 0 Å². The van der Waals surface area contributed by atoms with Gasteiger partial charge in [-0.2, -0.15) is 0 Å². The van der Waals surface area contributed by atoms with Crippen molar-refractivity contribution in [3.8, 4) is 0 Å². The third-order valence-electron chi connectivity index (χ3n) is 2.34. The van der Waals surface area contributed by atoms with Gasteiger partial charge in [0.15, 0.2) is 0 Å². The molecule has 0 aromatic carbocycles. The Morgan fingerprint density at radius 2 is 1.20 bits per heavy atom. The molecule has 0 aromatic heterocycles. The van der Waals surface area contributed by atoms with Gasteiger partial charge in [-0.05, 0) is 41.0 Å². The molecule has 4 heteroatoms. The van der Waals surface area contributed by atoms with Crippen LogP contribution in [0.2, 0.25) is 0 Å². The Balaban J connectivity index is 4.40. The topological polar surface area (TPSA) is 31.2 Å². The van der Waals surface area contributed by atoms with E-state index in [0.717, 1.165) is 12.8 Å². The lowest BCUT2D eigenvalue weighted by molar-refractivity contribution is 0.290. The first-order valence-electron chi connectivity index (χ1n) is 5.50. The van der Waals surface area contributed by atoms with Crippen LogP contribution >= 0.6 is 0 Å². The van der Waals surface area contributed by atoms with Gasteiger partial charge < -0.3 is 0 Å². The first kappa shape index (κ1) is 14.3. The van der Waals surface area contributed by atoms with Crippen LogP contribution in [0.3, 0.4) is 0 Å². The fourth-order valence-corrected chi connectivity index (χ4v) is 1.31. The summed E-state index contributed by atoms with van der Waals surface area (Å²) in [6, 6.07) is 2.82. The lowest BCUT2D eigenvalue weighted by atomic mass is 10.3. The van der Waals surface area contributed by atoms with Crippen molar-refractivity contribution in [1.82, 2.24) is 9.80 Å². The Morgan fingerprint density at radius 3 is 1.40 bits per heavy atom. The summed E-state index contributed by atoms with van der Waals surface area (Å²) in [5.74, 6) is 0. The molecule has 0 N–H and O–H groups in total. The highest BCUT2D eigenvalue weighted by atomic mass is 15.2. The van der Waals surface area contributed by atoms with Crippen molar-refractivity contribution >= 4 is 6.01 Å². The quantitative estimate of drug-likeness (QED) is 0.628. The van der Waals surface area contributed by atoms with Crippen LogP contribution < -0.4 is 0 Å². The zero-order valence-corrected chi connectivity index (χ0v) is 10.9. The Morgan fingerprint density at radius 1 is 0.867 bits per heavy atom. The van der Waals surface area contributed by atoms with Crippen LogP contribution in [-0.2, 0) is 0 Å². The number of rotatable bonds is 6. The second kappa shape index (κ2) is 7.57. The smallest absolute Gasteiger partial charge is 0.112 e. The van der Waals surface area contributed by atoms with E-state index in [1.165, 1.54) is 0 Å². The van der Waals surface area contributed by atoms with Gasteiger partial charge in [-0.3, -0.25) is 9.80 Å². The van der Waals surface area contributed by atoms with Crippen LogP contribution in [0.5, 0.6) is 0 Å². The summed E-state index contributed by atoms with van der Waals surface area (Å²) < 4.78 is 0. The molecular formula is C11H24N4. The number of aliphatic imine (C=N–C) groups is 2. The molecule has 0 heterocycles. The van der Waals surface area contributed by atoms with E-state index >= 15 is 0 Å². The minimum atomic E-state index is 0.188. The van der Waals surface area contributed by atoms with Crippen LogP contribution in [0.15, 0.2) is 9.98 Å². The Bertz CT molecular complexity index is 197. The van der Waals surface area contributed by atoms with Crippen LogP contribution in [0, 0.1) is 0 Å². The van der Waals surface area contributed by atoms with Gasteiger partial charge in [0, 0.05) is 0 Å². The third-order valence-corrected chi connectivity index (χ3v) is 2.34. The predicted molar refractivity (Wildman–Crippen MR) is 65.4 cm³/mol. The highest BCUT2D eigenvalue weighted by Gasteiger charge is 2.06. The van der Waals surface area contributed by atoms with Gasteiger partial charge in [-0.25, -0.2) is 9.98 Å². The summed E-state index contributed by atoms with van der Waals surface area (Å²) in [6.45, 7) is 4.22. The van der Waals surface area contributed by atoms with Crippen molar-refractivity contribution in [3.05, 3.63) is 0 Å². The summed E-state index contributed by atoms with van der Waals surface area (Å²) in [5, 5.41) is 0. The monoisotopic (exact) mass is 212 g/mol. The van der Waals surface area contributed by atoms with Crippen LogP contribution in [-0.4, -0.2) is 56.3 Å². The van der Waals surface area contributed by atoms with E-state index in [0.29, 0.717) is 0 Å². The maximum Gasteiger partial charge on any atom is 0.112 e. The van der Waals surface area contributed by atoms with Crippen molar-refractivity contribution in [2.75, 3.05) is 28.2 Å². The van der Waals surface area contributed by atoms with Crippen molar-refractivity contribution in [2.24, 2.45) is 9.98 Å². The molecule has 88 valence electrons. The fraction of sp³-hybridized carbons (Fsp3) is 0.909. The van der Waals surface area contributed by atoms with Crippen molar-refractivity contribution in [3.63, 3.8) is 0 Å². The minimum Gasteiger partial charge on any atom is -0.287 e. The standard InChI is InChI=1S/C11H24N4/c1-7-10(14(3)4)12-9-13-11(8-2)15(5)6/h10-11H,7-8H2,1-6H3. The molecule has 0 aliphatic heterocycles. The molecule has 0 saturated heterocycles. The first-order valence-corrected chi connectivity index (χ1v) is 5.50. The second-order valence-electron chi connectivity index (χ2n) is 4.06. The van der Waals surface area contributed by atoms with Crippen molar-refractivity contribution < 1.29 is 0 Å². The summed E-state index contributed by atoms with van der Waals surface area (Å²) in [7, 11) is 8.07. The predicted octanol–water partition coefficient (Wildman–Crippen LogP) is 1.76. The van der Waals surface area contributed by atoms with E-state index in [1.54, 1.807) is 0 Å². The molecule has 0 fully saturated rings. The molecule has 4 nitrogen and oxygen atoms in total. The van der Waals surface area contributed by atoms with E-state index < -0.39 is 0 Å². The summed E-state index contributed by atoms with van der Waals surface area (Å²) in [6.07, 6.45) is 2.34. The molecule has 0 saturated carbocycles. The number of hydrogen-bond donors (Lipinski definition) is 0. The molecule has 0 aliphatic carbocycles. The lowest BCUT2D eigenvalue weighted by Gasteiger charge is -2.17. The maximum atomic E-state index is 4.29. The number of nitrogens with zero attached hydrogens (tertiary/aromatic N) is 4. The van der Waals surface area contributed by atoms with Gasteiger partial charge in [0.25, 0.3) is 0 Å². The zero-order chi connectivity index (χ0) is 11.8. The van der Waals surface area contributed by atoms with Gasteiger partial charge in [0.2, 0.25) is 0 Å². The largest absolute Gasteiger partial charge is 0.287 e. The van der Waals surface area contributed by atoms with E-state index in [4.69, 9.17) is 0 Å². The molecule has 0 bridgehead atoms. The Labute approximate surface area is 93.7 Å². The molecular weight excluding hydrogens is 188 g/mol. The lowest BCUT2D eigenvalue weighted by Crippen LogP contribution is -2.26. The maximum absolute atomic E-state index is 4.29. The van der Waals surface area contributed by atoms with Crippen LogP contribution in [0.1, 0.15) is 26.7 Å². The summed E-state index contributed by atoms with van der Waals surface area (Å²) in [4.78, 5) is 12.7. The zero-order valence-electron chi connectivity index (χ0n) is 10.9. The molecule has 0 amide bonds. The first-order chi connectivity index (χ1) is 7.02.